The Balaban J connectivity index is 1.62. The Labute approximate surface area is 166 Å². The molecule has 4 rings (SSSR count). The molecule has 1 aliphatic heterocycles. The average molecular weight is 396 g/mol. The normalized spacial score (nSPS) is 17.0. The Morgan fingerprint density at radius 3 is 2.79 bits per heavy atom. The first kappa shape index (κ1) is 18.9. The predicted octanol–water partition coefficient (Wildman–Crippen LogP) is 2.10. The number of benzene rings is 1. The maximum Gasteiger partial charge on any atom is 0.252 e. The lowest BCUT2D eigenvalue weighted by molar-refractivity contribution is -0.125. The lowest BCUT2D eigenvalue weighted by atomic mass is 10.0. The second-order valence-electron chi connectivity index (χ2n) is 6.45. The number of fused-ring (bicyclic) bond motifs is 1. The van der Waals surface area contributed by atoms with Gasteiger partial charge in [-0.25, -0.2) is 9.97 Å². The van der Waals surface area contributed by atoms with E-state index in [2.05, 4.69) is 15.3 Å². The highest BCUT2D eigenvalue weighted by molar-refractivity contribution is 6.01. The summed E-state index contributed by atoms with van der Waals surface area (Å²) in [6, 6.07) is 8.94. The van der Waals surface area contributed by atoms with Crippen LogP contribution >= 0.6 is 0 Å². The summed E-state index contributed by atoms with van der Waals surface area (Å²) in [6.07, 6.45) is 1.78. The van der Waals surface area contributed by atoms with Crippen molar-refractivity contribution in [1.29, 1.82) is 0 Å². The second-order valence-corrected chi connectivity index (χ2v) is 6.45. The molecule has 0 saturated carbocycles. The van der Waals surface area contributed by atoms with Crippen LogP contribution in [0.4, 0.5) is 0 Å². The fraction of sp³-hybridized carbons (Fsp3) is 0.250. The number of furan rings is 1. The van der Waals surface area contributed by atoms with Crippen molar-refractivity contribution in [3.8, 4) is 11.6 Å². The number of methoxy groups -OCH3 is 1. The molecular formula is C20H20N4O5. The average Bonchev–Trinajstić information content (AvgIpc) is 3.20. The van der Waals surface area contributed by atoms with Crippen molar-refractivity contribution in [2.75, 3.05) is 20.3 Å². The molecule has 3 heterocycles. The number of nitrogens with one attached hydrogen (secondary N) is 1. The molecule has 2 aromatic heterocycles. The quantitative estimate of drug-likeness (QED) is 0.652. The van der Waals surface area contributed by atoms with Crippen molar-refractivity contribution in [3.63, 3.8) is 0 Å². The number of amides is 1. The zero-order valence-electron chi connectivity index (χ0n) is 16.0. The molecule has 0 bridgehead atoms. The first-order valence-electron chi connectivity index (χ1n) is 9.00. The van der Waals surface area contributed by atoms with Crippen LogP contribution in [0, 0.1) is 0 Å². The Kier molecular flexibility index (Phi) is 5.15. The van der Waals surface area contributed by atoms with Gasteiger partial charge in [-0.1, -0.05) is 0 Å². The van der Waals surface area contributed by atoms with E-state index < -0.39 is 6.35 Å². The lowest BCUT2D eigenvalue weighted by Crippen LogP contribution is -2.52. The van der Waals surface area contributed by atoms with E-state index in [4.69, 9.17) is 13.9 Å². The van der Waals surface area contributed by atoms with Crippen LogP contribution in [-0.2, 0) is 9.53 Å². The molecule has 0 fully saturated rings. The van der Waals surface area contributed by atoms with Gasteiger partial charge in [0.1, 0.15) is 17.5 Å². The maximum atomic E-state index is 12.2. The monoisotopic (exact) mass is 396 g/mol. The van der Waals surface area contributed by atoms with Crippen molar-refractivity contribution in [1.82, 2.24) is 20.2 Å². The number of carbonyl (C=O) groups is 1. The first-order valence-corrected chi connectivity index (χ1v) is 9.00. The minimum Gasteiger partial charge on any atom is -0.446 e. The third-order valence-corrected chi connectivity index (χ3v) is 4.64. The van der Waals surface area contributed by atoms with Gasteiger partial charge in [0, 0.05) is 19.2 Å². The minimum absolute atomic E-state index is 0.315. The largest absolute Gasteiger partial charge is 0.446 e. The van der Waals surface area contributed by atoms with E-state index in [0.717, 1.165) is 5.56 Å². The molecule has 9 heteroatoms. The van der Waals surface area contributed by atoms with Crippen molar-refractivity contribution >= 4 is 22.7 Å². The van der Waals surface area contributed by atoms with E-state index in [9.17, 15) is 9.90 Å². The number of aliphatic hydroxyl groups excluding tert-OH is 1. The molecule has 0 radical (unpaired) electrons. The van der Waals surface area contributed by atoms with Crippen molar-refractivity contribution in [2.24, 2.45) is 0 Å². The van der Waals surface area contributed by atoms with Gasteiger partial charge in [-0.15, -0.1) is 0 Å². The summed E-state index contributed by atoms with van der Waals surface area (Å²) < 4.78 is 16.2. The van der Waals surface area contributed by atoms with Gasteiger partial charge in [0.05, 0.1) is 18.6 Å². The van der Waals surface area contributed by atoms with E-state index >= 15 is 0 Å². The maximum absolute atomic E-state index is 12.2. The Morgan fingerprint density at radius 1 is 1.24 bits per heavy atom. The summed E-state index contributed by atoms with van der Waals surface area (Å²) in [5.41, 5.74) is 2.37. The predicted molar refractivity (Wildman–Crippen MR) is 104 cm³/mol. The molecule has 1 unspecified atom stereocenters. The summed E-state index contributed by atoms with van der Waals surface area (Å²) >= 11 is 0. The van der Waals surface area contributed by atoms with E-state index in [1.807, 2.05) is 12.1 Å². The standard InChI is InChI=1S/C20H20N4O5/c1-12-16(24(8-10-27-2)20(26)23-17(12)25)13-3-5-14(6-4-13)29-19-15-7-9-28-18(15)21-11-22-19/h3-7,9,11,20,26H,8,10H2,1-2H3,(H,23,25). The van der Waals surface area contributed by atoms with Gasteiger partial charge in [0.2, 0.25) is 17.9 Å². The molecule has 9 nitrogen and oxygen atoms in total. The van der Waals surface area contributed by atoms with Crippen LogP contribution in [0.5, 0.6) is 11.6 Å². The number of hydrogen-bond donors (Lipinski definition) is 2. The molecule has 0 spiro atoms. The van der Waals surface area contributed by atoms with E-state index in [-0.39, 0.29) is 5.91 Å². The van der Waals surface area contributed by atoms with Crippen molar-refractivity contribution < 1.29 is 23.8 Å². The topological polar surface area (TPSA) is 110 Å². The molecule has 2 N–H and O–H groups in total. The summed E-state index contributed by atoms with van der Waals surface area (Å²) in [5, 5.41) is 13.5. The Hall–Kier alpha value is -3.43. The van der Waals surface area contributed by atoms with Gasteiger partial charge < -0.3 is 29.2 Å². The molecule has 150 valence electrons. The number of aromatic nitrogens is 2. The smallest absolute Gasteiger partial charge is 0.252 e. The second kappa shape index (κ2) is 7.90. The molecule has 1 atom stereocenters. The van der Waals surface area contributed by atoms with Crippen LogP contribution in [0.1, 0.15) is 12.5 Å². The van der Waals surface area contributed by atoms with Crippen LogP contribution in [0.15, 0.2) is 52.9 Å². The van der Waals surface area contributed by atoms with E-state index in [0.29, 0.717) is 47.2 Å². The van der Waals surface area contributed by atoms with Gasteiger partial charge in [0.25, 0.3) is 5.91 Å². The summed E-state index contributed by atoms with van der Waals surface area (Å²) in [7, 11) is 1.58. The lowest BCUT2D eigenvalue weighted by Gasteiger charge is -2.37. The van der Waals surface area contributed by atoms with Crippen LogP contribution < -0.4 is 10.1 Å². The van der Waals surface area contributed by atoms with Gasteiger partial charge >= 0.3 is 0 Å². The fourth-order valence-electron chi connectivity index (χ4n) is 3.20. The number of nitrogens with zero attached hydrogens (tertiary/aromatic N) is 3. The molecular weight excluding hydrogens is 376 g/mol. The fourth-order valence-corrected chi connectivity index (χ4v) is 3.20. The van der Waals surface area contributed by atoms with Gasteiger partial charge in [-0.3, -0.25) is 4.79 Å². The zero-order chi connectivity index (χ0) is 20.4. The van der Waals surface area contributed by atoms with Crippen molar-refractivity contribution in [3.05, 3.63) is 54.1 Å². The highest BCUT2D eigenvalue weighted by atomic mass is 16.5. The minimum atomic E-state index is -1.12. The number of rotatable bonds is 6. The first-order chi connectivity index (χ1) is 14.1. The SMILES string of the molecule is COCCN1C(c2ccc(Oc3ncnc4occc34)cc2)=C(C)C(=O)NC1O. The van der Waals surface area contributed by atoms with Crippen LogP contribution in [-0.4, -0.2) is 52.5 Å². The van der Waals surface area contributed by atoms with Crippen LogP contribution in [0.2, 0.25) is 0 Å². The van der Waals surface area contributed by atoms with Gasteiger partial charge in [-0.05, 0) is 42.8 Å². The third kappa shape index (κ3) is 3.65. The molecule has 1 aromatic carbocycles. The van der Waals surface area contributed by atoms with Gasteiger partial charge in [0.15, 0.2) is 0 Å². The molecule has 0 aliphatic carbocycles. The van der Waals surface area contributed by atoms with Crippen LogP contribution in [0.25, 0.3) is 16.8 Å². The Morgan fingerprint density at radius 2 is 2.03 bits per heavy atom. The summed E-state index contributed by atoms with van der Waals surface area (Å²) in [6.45, 7) is 2.54. The molecule has 3 aromatic rings. The van der Waals surface area contributed by atoms with Gasteiger partial charge in [-0.2, -0.15) is 0 Å². The summed E-state index contributed by atoms with van der Waals surface area (Å²) in [4.78, 5) is 22.1. The molecule has 0 saturated heterocycles. The summed E-state index contributed by atoms with van der Waals surface area (Å²) in [5.74, 6) is 0.642. The highest BCUT2D eigenvalue weighted by Crippen LogP contribution is 2.31. The number of carbonyl (C=O) groups excluding carboxylic acids is 1. The Bertz CT molecular complexity index is 1060. The zero-order valence-corrected chi connectivity index (χ0v) is 16.0. The number of hydrogen-bond acceptors (Lipinski definition) is 8. The highest BCUT2D eigenvalue weighted by Gasteiger charge is 2.30. The third-order valence-electron chi connectivity index (χ3n) is 4.64. The van der Waals surface area contributed by atoms with E-state index in [1.165, 1.54) is 12.6 Å². The number of aliphatic hydroxyl groups is 1. The molecule has 29 heavy (non-hydrogen) atoms. The van der Waals surface area contributed by atoms with Crippen molar-refractivity contribution in [2.45, 2.75) is 13.3 Å². The molecule has 1 aliphatic rings. The molecule has 1 amide bonds. The van der Waals surface area contributed by atoms with E-state index in [1.54, 1.807) is 37.1 Å². The number of ether oxygens (including phenoxy) is 2. The van der Waals surface area contributed by atoms with Crippen LogP contribution in [0.3, 0.4) is 0 Å².